The summed E-state index contributed by atoms with van der Waals surface area (Å²) in [6, 6.07) is 3.91. The van der Waals surface area contributed by atoms with Crippen molar-refractivity contribution in [1.82, 2.24) is 15.3 Å². The molecule has 0 aliphatic heterocycles. The van der Waals surface area contributed by atoms with Crippen LogP contribution in [-0.4, -0.2) is 16.5 Å². The number of rotatable bonds is 6. The van der Waals surface area contributed by atoms with E-state index in [4.69, 9.17) is 4.74 Å². The van der Waals surface area contributed by atoms with Gasteiger partial charge in [0.1, 0.15) is 12.4 Å². The second kappa shape index (κ2) is 6.32. The van der Waals surface area contributed by atoms with Gasteiger partial charge in [-0.1, -0.05) is 6.92 Å². The Morgan fingerprint density at radius 2 is 2.24 bits per heavy atom. The van der Waals surface area contributed by atoms with Crippen LogP contribution in [0, 0.1) is 0 Å². The van der Waals surface area contributed by atoms with Gasteiger partial charge in [0, 0.05) is 11.9 Å². The molecule has 0 fully saturated rings. The third-order valence-corrected chi connectivity index (χ3v) is 2.86. The van der Waals surface area contributed by atoms with Crippen molar-refractivity contribution in [3.8, 4) is 5.75 Å². The van der Waals surface area contributed by atoms with E-state index in [9.17, 15) is 0 Å². The maximum Gasteiger partial charge on any atom is 0.138 e. The van der Waals surface area contributed by atoms with Gasteiger partial charge >= 0.3 is 0 Å². The highest BCUT2D eigenvalue weighted by Crippen LogP contribution is 2.12. The zero-order chi connectivity index (χ0) is 11.9. The molecule has 0 spiro atoms. The minimum absolute atomic E-state index is 0.498. The zero-order valence-corrected chi connectivity index (χ0v) is 10.5. The Bertz CT molecular complexity index is 428. The van der Waals surface area contributed by atoms with Crippen molar-refractivity contribution in [3.63, 3.8) is 0 Å². The van der Waals surface area contributed by atoms with E-state index in [1.807, 2.05) is 17.5 Å². The van der Waals surface area contributed by atoms with Gasteiger partial charge in [-0.2, -0.15) is 0 Å². The highest BCUT2D eigenvalue weighted by molar-refractivity contribution is 7.07. The van der Waals surface area contributed by atoms with Crippen LogP contribution >= 0.6 is 11.3 Å². The van der Waals surface area contributed by atoms with E-state index in [-0.39, 0.29) is 0 Å². The van der Waals surface area contributed by atoms with E-state index in [0.29, 0.717) is 6.61 Å². The van der Waals surface area contributed by atoms with Crippen molar-refractivity contribution in [1.29, 1.82) is 0 Å². The minimum Gasteiger partial charge on any atom is -0.486 e. The summed E-state index contributed by atoms with van der Waals surface area (Å²) in [5, 5.41) is 5.21. The second-order valence-corrected chi connectivity index (χ2v) is 4.25. The minimum atomic E-state index is 0.498. The maximum absolute atomic E-state index is 5.57. The molecule has 0 radical (unpaired) electrons. The third kappa shape index (κ3) is 3.80. The summed E-state index contributed by atoms with van der Waals surface area (Å²) in [6.07, 6.45) is 1.75. The summed E-state index contributed by atoms with van der Waals surface area (Å²) in [7, 11) is 0. The van der Waals surface area contributed by atoms with Gasteiger partial charge in [0.25, 0.3) is 0 Å². The molecule has 0 saturated heterocycles. The Hall–Kier alpha value is -1.46. The molecule has 0 atom stereocenters. The van der Waals surface area contributed by atoms with E-state index >= 15 is 0 Å². The van der Waals surface area contributed by atoms with Crippen molar-refractivity contribution in [2.75, 3.05) is 6.54 Å². The Balaban J connectivity index is 1.85. The summed E-state index contributed by atoms with van der Waals surface area (Å²) in [5.74, 6) is 0.776. The summed E-state index contributed by atoms with van der Waals surface area (Å²) >= 11 is 1.57. The molecular formula is C12H15N3OS. The molecule has 0 aliphatic rings. The lowest BCUT2D eigenvalue weighted by atomic mass is 10.3. The van der Waals surface area contributed by atoms with Gasteiger partial charge in [-0.3, -0.25) is 4.98 Å². The van der Waals surface area contributed by atoms with Crippen LogP contribution in [0.25, 0.3) is 0 Å². The largest absolute Gasteiger partial charge is 0.486 e. The van der Waals surface area contributed by atoms with Gasteiger partial charge in [-0.25, -0.2) is 4.98 Å². The maximum atomic E-state index is 5.57. The standard InChI is InChI=1S/C12H15N3OS/c1-2-13-5-10-3-4-12(6-14-10)16-7-11-8-17-9-15-11/h3-4,6,8-9,13H,2,5,7H2,1H3. The Kier molecular flexibility index (Phi) is 4.46. The van der Waals surface area contributed by atoms with Crippen LogP contribution in [0.2, 0.25) is 0 Å². The molecule has 17 heavy (non-hydrogen) atoms. The van der Waals surface area contributed by atoms with E-state index in [2.05, 4.69) is 22.2 Å². The van der Waals surface area contributed by atoms with Crippen molar-refractivity contribution in [2.24, 2.45) is 0 Å². The predicted molar refractivity (Wildman–Crippen MR) is 68.1 cm³/mol. The van der Waals surface area contributed by atoms with Crippen LogP contribution in [-0.2, 0) is 13.2 Å². The molecule has 2 aromatic heterocycles. The van der Waals surface area contributed by atoms with Crippen LogP contribution < -0.4 is 10.1 Å². The number of hydrogen-bond acceptors (Lipinski definition) is 5. The normalized spacial score (nSPS) is 10.4. The Morgan fingerprint density at radius 1 is 1.29 bits per heavy atom. The lowest BCUT2D eigenvalue weighted by Crippen LogP contribution is -2.12. The number of thiazole rings is 1. The van der Waals surface area contributed by atoms with Crippen LogP contribution in [0.15, 0.2) is 29.2 Å². The van der Waals surface area contributed by atoms with Crippen LogP contribution in [0.4, 0.5) is 0 Å². The van der Waals surface area contributed by atoms with Gasteiger partial charge in [0.15, 0.2) is 0 Å². The number of aromatic nitrogens is 2. The first-order chi connectivity index (χ1) is 8.38. The molecule has 4 nitrogen and oxygen atoms in total. The zero-order valence-electron chi connectivity index (χ0n) is 9.72. The average molecular weight is 249 g/mol. The molecule has 2 heterocycles. The lowest BCUT2D eigenvalue weighted by Gasteiger charge is -2.05. The fourth-order valence-electron chi connectivity index (χ4n) is 1.32. The van der Waals surface area contributed by atoms with Gasteiger partial charge in [0.05, 0.1) is 23.1 Å². The topological polar surface area (TPSA) is 47.0 Å². The van der Waals surface area contributed by atoms with Gasteiger partial charge in [-0.15, -0.1) is 11.3 Å². The predicted octanol–water partition coefficient (Wildman–Crippen LogP) is 2.23. The number of nitrogens with one attached hydrogen (secondary N) is 1. The van der Waals surface area contributed by atoms with Crippen LogP contribution in [0.1, 0.15) is 18.3 Å². The first kappa shape index (κ1) is 12.0. The third-order valence-electron chi connectivity index (χ3n) is 2.22. The van der Waals surface area contributed by atoms with Gasteiger partial charge in [0.2, 0.25) is 0 Å². The Labute approximate surface area is 105 Å². The summed E-state index contributed by atoms with van der Waals surface area (Å²) in [6.45, 7) is 4.32. The summed E-state index contributed by atoms with van der Waals surface area (Å²) in [5.41, 5.74) is 3.77. The molecule has 0 unspecified atom stereocenters. The van der Waals surface area contributed by atoms with Crippen molar-refractivity contribution in [3.05, 3.63) is 40.6 Å². The highest BCUT2D eigenvalue weighted by atomic mass is 32.1. The van der Waals surface area contributed by atoms with E-state index < -0.39 is 0 Å². The molecule has 0 bridgehead atoms. The van der Waals surface area contributed by atoms with E-state index in [1.54, 1.807) is 23.0 Å². The molecule has 2 rings (SSSR count). The SMILES string of the molecule is CCNCc1ccc(OCc2cscn2)cn1. The Morgan fingerprint density at radius 3 is 2.88 bits per heavy atom. The first-order valence-electron chi connectivity index (χ1n) is 5.54. The summed E-state index contributed by atoms with van der Waals surface area (Å²) in [4.78, 5) is 8.46. The first-order valence-corrected chi connectivity index (χ1v) is 6.48. The molecule has 1 N–H and O–H groups in total. The quantitative estimate of drug-likeness (QED) is 0.852. The molecule has 0 amide bonds. The van der Waals surface area contributed by atoms with Crippen molar-refractivity contribution < 1.29 is 4.74 Å². The molecule has 90 valence electrons. The van der Waals surface area contributed by atoms with Crippen LogP contribution in [0.5, 0.6) is 5.75 Å². The highest BCUT2D eigenvalue weighted by Gasteiger charge is 1.99. The second-order valence-electron chi connectivity index (χ2n) is 3.53. The monoisotopic (exact) mass is 249 g/mol. The smallest absolute Gasteiger partial charge is 0.138 e. The van der Waals surface area contributed by atoms with Crippen molar-refractivity contribution >= 4 is 11.3 Å². The molecular weight excluding hydrogens is 234 g/mol. The van der Waals surface area contributed by atoms with Crippen LogP contribution in [0.3, 0.4) is 0 Å². The van der Waals surface area contributed by atoms with Crippen molar-refractivity contribution in [2.45, 2.75) is 20.1 Å². The lowest BCUT2D eigenvalue weighted by molar-refractivity contribution is 0.300. The molecule has 0 saturated carbocycles. The van der Waals surface area contributed by atoms with E-state index in [1.165, 1.54) is 0 Å². The molecule has 0 aromatic carbocycles. The number of hydrogen-bond donors (Lipinski definition) is 1. The fourth-order valence-corrected chi connectivity index (χ4v) is 1.86. The average Bonchev–Trinajstić information content (AvgIpc) is 2.88. The number of pyridine rings is 1. The van der Waals surface area contributed by atoms with E-state index in [0.717, 1.165) is 30.2 Å². The fraction of sp³-hybridized carbons (Fsp3) is 0.333. The number of nitrogens with zero attached hydrogens (tertiary/aromatic N) is 2. The summed E-state index contributed by atoms with van der Waals surface area (Å²) < 4.78 is 5.57. The van der Waals surface area contributed by atoms with Gasteiger partial charge in [-0.05, 0) is 18.7 Å². The van der Waals surface area contributed by atoms with Gasteiger partial charge < -0.3 is 10.1 Å². The molecule has 0 aliphatic carbocycles. The molecule has 2 aromatic rings. The molecule has 5 heteroatoms. The number of ether oxygens (including phenoxy) is 1.